The molecular weight excluding hydrogens is 430 g/mol. The van der Waals surface area contributed by atoms with E-state index in [1.165, 1.54) is 11.4 Å². The van der Waals surface area contributed by atoms with Gasteiger partial charge in [-0.3, -0.25) is 4.79 Å². The molecule has 0 fully saturated rings. The highest BCUT2D eigenvalue weighted by atomic mass is 32.2. The quantitative estimate of drug-likeness (QED) is 0.562. The number of sulfonamides is 1. The van der Waals surface area contributed by atoms with Crippen LogP contribution < -0.4 is 4.74 Å². The number of amides is 1. The minimum absolute atomic E-state index is 0.0116. The van der Waals surface area contributed by atoms with Gasteiger partial charge in [0.2, 0.25) is 15.9 Å². The first-order valence-corrected chi connectivity index (χ1v) is 12.2. The Morgan fingerprint density at radius 3 is 2.62 bits per heavy atom. The summed E-state index contributed by atoms with van der Waals surface area (Å²) >= 11 is 0. The average molecular weight is 464 g/mol. The largest absolute Gasteiger partial charge is 0.496 e. The van der Waals surface area contributed by atoms with E-state index in [1.54, 1.807) is 20.1 Å². The summed E-state index contributed by atoms with van der Waals surface area (Å²) in [6, 6.07) is 5.64. The second kappa shape index (κ2) is 9.64. The first-order chi connectivity index (χ1) is 15.1. The predicted octanol–water partition coefficient (Wildman–Crippen LogP) is 2.66. The Kier molecular flexibility index (Phi) is 7.32. The molecule has 2 aromatic rings. The molecule has 0 saturated carbocycles. The van der Waals surface area contributed by atoms with E-state index >= 15 is 0 Å². The Bertz CT molecular complexity index is 1090. The molecule has 1 aromatic carbocycles. The lowest BCUT2D eigenvalue weighted by Gasteiger charge is -2.35. The van der Waals surface area contributed by atoms with Crippen molar-refractivity contribution in [1.29, 1.82) is 0 Å². The Morgan fingerprint density at radius 2 is 1.94 bits per heavy atom. The zero-order chi connectivity index (χ0) is 23.6. The number of carbonyl (C=O) groups excluding carboxylic acids is 1. The van der Waals surface area contributed by atoms with Crippen molar-refractivity contribution in [1.82, 2.24) is 13.8 Å². The van der Waals surface area contributed by atoms with Gasteiger partial charge >= 0.3 is 0 Å². The summed E-state index contributed by atoms with van der Waals surface area (Å²) in [6.07, 6.45) is 2.02. The van der Waals surface area contributed by atoms with Gasteiger partial charge in [-0.1, -0.05) is 0 Å². The van der Waals surface area contributed by atoms with Crippen molar-refractivity contribution >= 4 is 15.9 Å². The van der Waals surface area contributed by atoms with Crippen LogP contribution in [0.1, 0.15) is 35.3 Å². The lowest BCUT2D eigenvalue weighted by molar-refractivity contribution is -0.139. The van der Waals surface area contributed by atoms with Crippen molar-refractivity contribution in [3.05, 3.63) is 46.8 Å². The first kappa shape index (κ1) is 24.3. The summed E-state index contributed by atoms with van der Waals surface area (Å²) in [4.78, 5) is 14.7. The molecule has 1 atom stereocenters. The monoisotopic (exact) mass is 463 g/mol. The third-order valence-electron chi connectivity index (χ3n) is 6.31. The van der Waals surface area contributed by atoms with Gasteiger partial charge in [-0.05, 0) is 62.6 Å². The molecule has 0 N–H and O–H groups in total. The molecule has 176 valence electrons. The number of ether oxygens (including phenoxy) is 2. The van der Waals surface area contributed by atoms with Gasteiger partial charge in [-0.25, -0.2) is 8.42 Å². The smallest absolute Gasteiger partial charge is 0.249 e. The van der Waals surface area contributed by atoms with Gasteiger partial charge in [0.05, 0.1) is 24.7 Å². The van der Waals surface area contributed by atoms with E-state index in [9.17, 15) is 13.2 Å². The third kappa shape index (κ3) is 4.55. The SMILES string of the molecule is COc1c(C)cc(S(=O)(=O)N(C)CCOCC(=O)N2CCn3cccc3C2C)c(C)c1C. The predicted molar refractivity (Wildman–Crippen MR) is 122 cm³/mol. The maximum Gasteiger partial charge on any atom is 0.249 e. The fourth-order valence-corrected chi connectivity index (χ4v) is 5.76. The van der Waals surface area contributed by atoms with Crippen LogP contribution in [0.4, 0.5) is 0 Å². The van der Waals surface area contributed by atoms with Gasteiger partial charge < -0.3 is 18.9 Å². The molecule has 0 saturated heterocycles. The fraction of sp³-hybridized carbons (Fsp3) is 0.522. The number of rotatable bonds is 8. The Labute approximate surface area is 190 Å². The number of fused-ring (bicyclic) bond motifs is 1. The first-order valence-electron chi connectivity index (χ1n) is 10.7. The van der Waals surface area contributed by atoms with Crippen LogP contribution in [0.25, 0.3) is 0 Å². The molecule has 8 nitrogen and oxygen atoms in total. The molecule has 1 aromatic heterocycles. The van der Waals surface area contributed by atoms with Crippen molar-refractivity contribution < 1.29 is 22.7 Å². The standard InChI is InChI=1S/C23H33N3O5S/c1-16-14-21(17(2)18(3)23(16)30-6)32(28,29)24(5)12-13-31-15-22(27)26-11-10-25-9-7-8-20(25)19(26)4/h7-9,14,19H,10-13,15H2,1-6H3. The number of methoxy groups -OCH3 is 1. The number of benzene rings is 1. The zero-order valence-electron chi connectivity index (χ0n) is 19.7. The van der Waals surface area contributed by atoms with Crippen LogP contribution in [0.2, 0.25) is 0 Å². The van der Waals surface area contributed by atoms with Gasteiger partial charge in [-0.2, -0.15) is 4.31 Å². The molecule has 32 heavy (non-hydrogen) atoms. The minimum Gasteiger partial charge on any atom is -0.496 e. The molecule has 9 heteroatoms. The van der Waals surface area contributed by atoms with Gasteiger partial charge in [0.1, 0.15) is 12.4 Å². The van der Waals surface area contributed by atoms with Crippen molar-refractivity contribution in [2.24, 2.45) is 0 Å². The van der Waals surface area contributed by atoms with Crippen LogP contribution in [0.15, 0.2) is 29.3 Å². The van der Waals surface area contributed by atoms with Gasteiger partial charge in [0, 0.05) is 38.6 Å². The summed E-state index contributed by atoms with van der Waals surface area (Å²) < 4.78 is 40.6. The number of aromatic nitrogens is 1. The summed E-state index contributed by atoms with van der Waals surface area (Å²) in [7, 11) is -0.594. The van der Waals surface area contributed by atoms with E-state index < -0.39 is 10.0 Å². The molecule has 0 bridgehead atoms. The molecule has 0 spiro atoms. The summed E-state index contributed by atoms with van der Waals surface area (Å²) in [6.45, 7) is 9.08. The van der Waals surface area contributed by atoms with E-state index in [2.05, 4.69) is 4.57 Å². The van der Waals surface area contributed by atoms with Crippen LogP contribution in [0.5, 0.6) is 5.75 Å². The third-order valence-corrected chi connectivity index (χ3v) is 8.29. The number of hydrogen-bond donors (Lipinski definition) is 0. The van der Waals surface area contributed by atoms with Crippen LogP contribution in [-0.2, 0) is 26.1 Å². The number of hydrogen-bond acceptors (Lipinski definition) is 5. The summed E-state index contributed by atoms with van der Waals surface area (Å²) in [5.41, 5.74) is 3.35. The Hall–Kier alpha value is -2.36. The minimum atomic E-state index is -3.70. The molecule has 2 heterocycles. The lowest BCUT2D eigenvalue weighted by Crippen LogP contribution is -2.42. The number of likely N-dealkylation sites (N-methyl/N-ethyl adjacent to an activating group) is 1. The second-order valence-corrected chi connectivity index (χ2v) is 10.3. The molecule has 1 aliphatic heterocycles. The number of carbonyl (C=O) groups is 1. The van der Waals surface area contributed by atoms with Crippen LogP contribution in [-0.4, -0.2) is 68.6 Å². The van der Waals surface area contributed by atoms with E-state index in [4.69, 9.17) is 9.47 Å². The van der Waals surface area contributed by atoms with Crippen molar-refractivity contribution in [2.45, 2.75) is 45.2 Å². The van der Waals surface area contributed by atoms with E-state index in [0.717, 1.165) is 23.4 Å². The molecule has 0 radical (unpaired) electrons. The summed E-state index contributed by atoms with van der Waals surface area (Å²) in [5, 5.41) is 0. The normalized spacial score (nSPS) is 16.3. The highest BCUT2D eigenvalue weighted by Crippen LogP contribution is 2.32. The lowest BCUT2D eigenvalue weighted by atomic mass is 10.1. The van der Waals surface area contributed by atoms with Crippen molar-refractivity contribution in [3.8, 4) is 5.75 Å². The van der Waals surface area contributed by atoms with Crippen molar-refractivity contribution in [3.63, 3.8) is 0 Å². The molecule has 1 amide bonds. The molecule has 1 aliphatic rings. The van der Waals surface area contributed by atoms with Gasteiger partial charge in [-0.15, -0.1) is 0 Å². The second-order valence-electron chi connectivity index (χ2n) is 8.24. The highest BCUT2D eigenvalue weighted by molar-refractivity contribution is 7.89. The topological polar surface area (TPSA) is 81.1 Å². The van der Waals surface area contributed by atoms with Crippen LogP contribution in [0.3, 0.4) is 0 Å². The van der Waals surface area contributed by atoms with Gasteiger partial charge in [0.25, 0.3) is 0 Å². The van der Waals surface area contributed by atoms with E-state index in [-0.39, 0.29) is 36.6 Å². The van der Waals surface area contributed by atoms with Gasteiger partial charge in [0.15, 0.2) is 0 Å². The fourth-order valence-electron chi connectivity index (χ4n) is 4.25. The molecule has 1 unspecified atom stereocenters. The van der Waals surface area contributed by atoms with E-state index in [1.807, 2.05) is 44.0 Å². The maximum atomic E-state index is 13.1. The molecule has 0 aliphatic carbocycles. The van der Waals surface area contributed by atoms with Crippen molar-refractivity contribution in [2.75, 3.05) is 40.5 Å². The molecule has 3 rings (SSSR count). The van der Waals surface area contributed by atoms with E-state index in [0.29, 0.717) is 17.9 Å². The number of nitrogens with zero attached hydrogens (tertiary/aromatic N) is 3. The summed E-state index contributed by atoms with van der Waals surface area (Å²) in [5.74, 6) is 0.609. The Balaban J connectivity index is 1.57. The number of aryl methyl sites for hydroxylation is 1. The highest BCUT2D eigenvalue weighted by Gasteiger charge is 2.28. The zero-order valence-corrected chi connectivity index (χ0v) is 20.5. The average Bonchev–Trinajstić information content (AvgIpc) is 3.23. The van der Waals surface area contributed by atoms with Crippen LogP contribution >= 0.6 is 0 Å². The van der Waals surface area contributed by atoms with Crippen LogP contribution in [0, 0.1) is 20.8 Å². The maximum absolute atomic E-state index is 13.1. The Morgan fingerprint density at radius 1 is 1.22 bits per heavy atom. The molecular formula is C23H33N3O5S.